The Kier molecular flexibility index (Phi) is 6.31. The molecular formula is C28H31NO5. The predicted octanol–water partition coefficient (Wildman–Crippen LogP) is 5.16. The number of aryl methyl sites for hydroxylation is 1. The van der Waals surface area contributed by atoms with Crippen LogP contribution < -0.4 is 9.47 Å². The topological polar surface area (TPSA) is 76.1 Å². The maximum atomic E-state index is 13.3. The standard InChI is InChI=1S/C28H31NO5/c1-2-15-33-22-12-9-18(10-13-22)25-24(27(31)28(32)29(25)21-7-3-4-8-21)26(30)20-11-14-23-19(17-20)6-5-16-34-23/h9-14,17,21,25,30H,2-8,15-16H2,1H3/b26-24-. The van der Waals surface area contributed by atoms with Gasteiger partial charge >= 0.3 is 0 Å². The summed E-state index contributed by atoms with van der Waals surface area (Å²) in [6.07, 6.45) is 6.50. The average Bonchev–Trinajstić information content (AvgIpc) is 3.49. The second-order valence-corrected chi connectivity index (χ2v) is 9.34. The third-order valence-corrected chi connectivity index (χ3v) is 7.05. The van der Waals surface area contributed by atoms with Crippen LogP contribution in [-0.4, -0.2) is 41.0 Å². The molecule has 1 N–H and O–H groups in total. The van der Waals surface area contributed by atoms with Gasteiger partial charge in [-0.2, -0.15) is 0 Å². The molecule has 1 aliphatic carbocycles. The Bertz CT molecular complexity index is 1110. The Hall–Kier alpha value is -3.28. The van der Waals surface area contributed by atoms with Crippen LogP contribution in [0.4, 0.5) is 0 Å². The molecule has 2 aromatic carbocycles. The molecule has 34 heavy (non-hydrogen) atoms. The second kappa shape index (κ2) is 9.53. The van der Waals surface area contributed by atoms with Gasteiger partial charge < -0.3 is 19.5 Å². The minimum atomic E-state index is -0.616. The number of amides is 1. The first-order valence-corrected chi connectivity index (χ1v) is 12.4. The van der Waals surface area contributed by atoms with Crippen molar-refractivity contribution >= 4 is 17.4 Å². The molecule has 1 saturated carbocycles. The molecule has 0 radical (unpaired) electrons. The Morgan fingerprint density at radius 2 is 1.85 bits per heavy atom. The first-order valence-electron chi connectivity index (χ1n) is 12.4. The fourth-order valence-corrected chi connectivity index (χ4v) is 5.37. The molecule has 2 aliphatic heterocycles. The summed E-state index contributed by atoms with van der Waals surface area (Å²) >= 11 is 0. The van der Waals surface area contributed by atoms with Crippen molar-refractivity contribution in [2.24, 2.45) is 0 Å². The third-order valence-electron chi connectivity index (χ3n) is 7.05. The quantitative estimate of drug-likeness (QED) is 0.365. The predicted molar refractivity (Wildman–Crippen MR) is 129 cm³/mol. The fourth-order valence-electron chi connectivity index (χ4n) is 5.37. The third kappa shape index (κ3) is 4.06. The first kappa shape index (κ1) is 22.5. The maximum Gasteiger partial charge on any atom is 0.295 e. The summed E-state index contributed by atoms with van der Waals surface area (Å²) in [5.74, 6) is 0.302. The van der Waals surface area contributed by atoms with Gasteiger partial charge in [0.1, 0.15) is 17.3 Å². The van der Waals surface area contributed by atoms with Gasteiger partial charge in [-0.3, -0.25) is 9.59 Å². The van der Waals surface area contributed by atoms with Crippen LogP contribution >= 0.6 is 0 Å². The van der Waals surface area contributed by atoms with Crippen molar-refractivity contribution in [2.45, 2.75) is 64.0 Å². The number of benzene rings is 2. The molecule has 1 amide bonds. The van der Waals surface area contributed by atoms with Gasteiger partial charge in [0, 0.05) is 11.6 Å². The van der Waals surface area contributed by atoms with Crippen LogP contribution in [0.5, 0.6) is 11.5 Å². The number of nitrogens with zero attached hydrogens (tertiary/aromatic N) is 1. The van der Waals surface area contributed by atoms with E-state index in [9.17, 15) is 14.7 Å². The number of likely N-dealkylation sites (tertiary alicyclic amines) is 1. The summed E-state index contributed by atoms with van der Waals surface area (Å²) in [5, 5.41) is 11.4. The average molecular weight is 462 g/mol. The molecule has 2 fully saturated rings. The van der Waals surface area contributed by atoms with Crippen LogP contribution in [-0.2, 0) is 16.0 Å². The summed E-state index contributed by atoms with van der Waals surface area (Å²) in [4.78, 5) is 28.3. The number of fused-ring (bicyclic) bond motifs is 1. The van der Waals surface area contributed by atoms with E-state index in [1.807, 2.05) is 36.4 Å². The molecule has 1 atom stereocenters. The zero-order valence-electron chi connectivity index (χ0n) is 19.6. The van der Waals surface area contributed by atoms with E-state index < -0.39 is 17.7 Å². The van der Waals surface area contributed by atoms with Gasteiger partial charge in [-0.15, -0.1) is 0 Å². The summed E-state index contributed by atoms with van der Waals surface area (Å²) in [5.41, 5.74) is 2.52. The zero-order chi connectivity index (χ0) is 23.7. The van der Waals surface area contributed by atoms with E-state index in [0.717, 1.165) is 67.6 Å². The van der Waals surface area contributed by atoms with Crippen molar-refractivity contribution in [3.8, 4) is 11.5 Å². The van der Waals surface area contributed by atoms with Crippen molar-refractivity contribution in [3.63, 3.8) is 0 Å². The molecule has 6 nitrogen and oxygen atoms in total. The number of carbonyl (C=O) groups is 2. The van der Waals surface area contributed by atoms with E-state index in [0.29, 0.717) is 18.8 Å². The minimum Gasteiger partial charge on any atom is -0.507 e. The number of aliphatic hydroxyl groups is 1. The lowest BCUT2D eigenvalue weighted by Gasteiger charge is -2.31. The normalized spacial score (nSPS) is 22.0. The Labute approximate surface area is 200 Å². The van der Waals surface area contributed by atoms with Crippen molar-refractivity contribution in [3.05, 3.63) is 64.7 Å². The van der Waals surface area contributed by atoms with Crippen molar-refractivity contribution in [1.29, 1.82) is 0 Å². The van der Waals surface area contributed by atoms with E-state index >= 15 is 0 Å². The van der Waals surface area contributed by atoms with Crippen molar-refractivity contribution in [1.82, 2.24) is 4.90 Å². The highest BCUT2D eigenvalue weighted by molar-refractivity contribution is 6.46. The second-order valence-electron chi connectivity index (χ2n) is 9.34. The van der Waals surface area contributed by atoms with E-state index in [1.54, 1.807) is 11.0 Å². The monoisotopic (exact) mass is 461 g/mol. The minimum absolute atomic E-state index is 0.000277. The highest BCUT2D eigenvalue weighted by Gasteiger charge is 2.49. The summed E-state index contributed by atoms with van der Waals surface area (Å²) < 4.78 is 11.4. The maximum absolute atomic E-state index is 13.3. The molecule has 0 aromatic heterocycles. The molecule has 5 rings (SSSR count). The van der Waals surface area contributed by atoms with Crippen molar-refractivity contribution in [2.75, 3.05) is 13.2 Å². The van der Waals surface area contributed by atoms with Crippen LogP contribution in [0, 0.1) is 0 Å². The molecule has 6 heteroatoms. The molecular weight excluding hydrogens is 430 g/mol. The Morgan fingerprint density at radius 1 is 1.09 bits per heavy atom. The number of hydrogen-bond acceptors (Lipinski definition) is 5. The van der Waals surface area contributed by atoms with Crippen molar-refractivity contribution < 1.29 is 24.2 Å². The molecule has 1 saturated heterocycles. The summed E-state index contributed by atoms with van der Waals surface area (Å²) in [6, 6.07) is 12.4. The summed E-state index contributed by atoms with van der Waals surface area (Å²) in [7, 11) is 0. The molecule has 3 aliphatic rings. The Morgan fingerprint density at radius 3 is 2.59 bits per heavy atom. The number of carbonyl (C=O) groups excluding carboxylic acids is 2. The van der Waals surface area contributed by atoms with E-state index in [1.165, 1.54) is 0 Å². The van der Waals surface area contributed by atoms with Crippen LogP contribution in [0.3, 0.4) is 0 Å². The van der Waals surface area contributed by atoms with Gasteiger partial charge in [-0.1, -0.05) is 31.9 Å². The van der Waals surface area contributed by atoms with Gasteiger partial charge in [-0.05, 0) is 73.6 Å². The fraction of sp³-hybridized carbons (Fsp3) is 0.429. The molecule has 0 spiro atoms. The highest BCUT2D eigenvalue weighted by Crippen LogP contribution is 2.44. The highest BCUT2D eigenvalue weighted by atomic mass is 16.5. The molecule has 0 bridgehead atoms. The lowest BCUT2D eigenvalue weighted by molar-refractivity contribution is -0.141. The van der Waals surface area contributed by atoms with Gasteiger partial charge in [0.05, 0.1) is 24.8 Å². The van der Waals surface area contributed by atoms with E-state index in [2.05, 4.69) is 6.92 Å². The number of ether oxygens (including phenoxy) is 2. The molecule has 2 heterocycles. The van der Waals surface area contributed by atoms with E-state index in [4.69, 9.17) is 9.47 Å². The number of aliphatic hydroxyl groups excluding tert-OH is 1. The number of rotatable bonds is 6. The molecule has 2 aromatic rings. The lowest BCUT2D eigenvalue weighted by Crippen LogP contribution is -2.37. The largest absolute Gasteiger partial charge is 0.507 e. The smallest absolute Gasteiger partial charge is 0.295 e. The van der Waals surface area contributed by atoms with E-state index in [-0.39, 0.29) is 17.4 Å². The van der Waals surface area contributed by atoms with Crippen LogP contribution in [0.25, 0.3) is 5.76 Å². The lowest BCUT2D eigenvalue weighted by atomic mass is 9.93. The van der Waals surface area contributed by atoms with Gasteiger partial charge in [-0.25, -0.2) is 0 Å². The van der Waals surface area contributed by atoms with Gasteiger partial charge in [0.2, 0.25) is 0 Å². The van der Waals surface area contributed by atoms with Gasteiger partial charge in [0.25, 0.3) is 11.7 Å². The van der Waals surface area contributed by atoms with Crippen LogP contribution in [0.1, 0.15) is 68.2 Å². The van der Waals surface area contributed by atoms with Gasteiger partial charge in [0.15, 0.2) is 0 Å². The number of hydrogen-bond donors (Lipinski definition) is 1. The molecule has 178 valence electrons. The molecule has 1 unspecified atom stereocenters. The first-order chi connectivity index (χ1) is 16.6. The number of ketones is 1. The number of Topliss-reactive ketones (excluding diaryl/α,β-unsaturated/α-hetero) is 1. The SMILES string of the molecule is CCCOc1ccc(C2/C(=C(/O)c3ccc4c(c3)CCCO4)C(=O)C(=O)N2C2CCCC2)cc1. The Balaban J connectivity index is 1.58. The zero-order valence-corrected chi connectivity index (χ0v) is 19.6. The van der Waals surface area contributed by atoms with Crippen LogP contribution in [0.15, 0.2) is 48.0 Å². The summed E-state index contributed by atoms with van der Waals surface area (Å²) in [6.45, 7) is 3.36. The van der Waals surface area contributed by atoms with Crippen LogP contribution in [0.2, 0.25) is 0 Å².